The standard InChI is InChI=1S/C18H13BrN4O4/c19-15-9-11(23(25)26)5-7-13(15)17-8-6-12(27-17)10-21-22-18(24)14-3-1-2-4-16(14)20/h1-10H,20H2,(H,22,24)/b21-10-. The summed E-state index contributed by atoms with van der Waals surface area (Å²) in [6.07, 6.45) is 1.35. The summed E-state index contributed by atoms with van der Waals surface area (Å²) in [6.45, 7) is 0. The molecule has 0 radical (unpaired) electrons. The van der Waals surface area contributed by atoms with Crippen LogP contribution in [0.2, 0.25) is 0 Å². The molecule has 0 bridgehead atoms. The Labute approximate surface area is 162 Å². The summed E-state index contributed by atoms with van der Waals surface area (Å²) >= 11 is 3.30. The third-order valence-corrected chi connectivity index (χ3v) is 4.28. The van der Waals surface area contributed by atoms with E-state index in [1.165, 1.54) is 18.3 Å². The molecular formula is C18H13BrN4O4. The number of rotatable bonds is 5. The molecule has 27 heavy (non-hydrogen) atoms. The maximum Gasteiger partial charge on any atom is 0.273 e. The van der Waals surface area contributed by atoms with Gasteiger partial charge in [0.2, 0.25) is 0 Å². The molecule has 0 unspecified atom stereocenters. The third-order valence-electron chi connectivity index (χ3n) is 3.62. The molecule has 9 heteroatoms. The molecule has 0 aliphatic rings. The van der Waals surface area contributed by atoms with Gasteiger partial charge in [-0.2, -0.15) is 5.10 Å². The van der Waals surface area contributed by atoms with Crippen molar-refractivity contribution in [2.45, 2.75) is 0 Å². The largest absolute Gasteiger partial charge is 0.455 e. The fourth-order valence-corrected chi connectivity index (χ4v) is 2.87. The van der Waals surface area contributed by atoms with E-state index >= 15 is 0 Å². The van der Waals surface area contributed by atoms with Gasteiger partial charge in [-0.15, -0.1) is 0 Å². The second-order valence-corrected chi connectivity index (χ2v) is 6.26. The minimum atomic E-state index is -0.475. The fraction of sp³-hybridized carbons (Fsp3) is 0. The first-order valence-electron chi connectivity index (χ1n) is 7.68. The van der Waals surface area contributed by atoms with Crippen molar-refractivity contribution < 1.29 is 14.1 Å². The van der Waals surface area contributed by atoms with Crippen LogP contribution < -0.4 is 11.2 Å². The SMILES string of the molecule is Nc1ccccc1C(=O)N/N=C\c1ccc(-c2ccc([N+](=O)[O-])cc2Br)o1. The second-order valence-electron chi connectivity index (χ2n) is 5.41. The van der Waals surface area contributed by atoms with Crippen molar-refractivity contribution in [3.63, 3.8) is 0 Å². The lowest BCUT2D eigenvalue weighted by molar-refractivity contribution is -0.384. The Balaban J connectivity index is 1.71. The van der Waals surface area contributed by atoms with Gasteiger partial charge in [-0.1, -0.05) is 12.1 Å². The predicted octanol–water partition coefficient (Wildman–Crippen LogP) is 3.96. The van der Waals surface area contributed by atoms with Crippen molar-refractivity contribution in [2.75, 3.05) is 5.73 Å². The molecule has 0 atom stereocenters. The smallest absolute Gasteiger partial charge is 0.273 e. The van der Waals surface area contributed by atoms with Crippen molar-refractivity contribution in [3.05, 3.63) is 80.5 Å². The lowest BCUT2D eigenvalue weighted by atomic mass is 10.1. The molecule has 136 valence electrons. The normalized spacial score (nSPS) is 10.9. The number of benzene rings is 2. The number of para-hydroxylation sites is 1. The van der Waals surface area contributed by atoms with Crippen LogP contribution in [0.15, 0.2) is 68.6 Å². The highest BCUT2D eigenvalue weighted by Gasteiger charge is 2.13. The average molecular weight is 429 g/mol. The average Bonchev–Trinajstić information content (AvgIpc) is 3.10. The van der Waals surface area contributed by atoms with Gasteiger partial charge < -0.3 is 10.2 Å². The molecular weight excluding hydrogens is 416 g/mol. The van der Waals surface area contributed by atoms with Gasteiger partial charge in [-0.25, -0.2) is 5.43 Å². The number of hydrogen-bond acceptors (Lipinski definition) is 6. The predicted molar refractivity (Wildman–Crippen MR) is 104 cm³/mol. The maximum absolute atomic E-state index is 12.0. The molecule has 0 aliphatic carbocycles. The highest BCUT2D eigenvalue weighted by molar-refractivity contribution is 9.10. The number of nitrogens with zero attached hydrogens (tertiary/aromatic N) is 2. The van der Waals surface area contributed by atoms with E-state index < -0.39 is 10.8 Å². The Bertz CT molecular complexity index is 1050. The quantitative estimate of drug-likeness (QED) is 0.275. The zero-order chi connectivity index (χ0) is 19.4. The van der Waals surface area contributed by atoms with E-state index in [9.17, 15) is 14.9 Å². The number of hydrogen-bond donors (Lipinski definition) is 2. The minimum Gasteiger partial charge on any atom is -0.455 e. The van der Waals surface area contributed by atoms with Crippen LogP contribution >= 0.6 is 15.9 Å². The molecule has 3 aromatic rings. The number of nitro benzene ring substituents is 1. The first kappa shape index (κ1) is 18.3. The molecule has 1 aromatic heterocycles. The number of amides is 1. The topological polar surface area (TPSA) is 124 Å². The number of nitro groups is 1. The maximum atomic E-state index is 12.0. The van der Waals surface area contributed by atoms with Crippen molar-refractivity contribution in [1.82, 2.24) is 5.43 Å². The van der Waals surface area contributed by atoms with Gasteiger partial charge in [-0.3, -0.25) is 14.9 Å². The zero-order valence-electron chi connectivity index (χ0n) is 13.8. The Morgan fingerprint density at radius 2 is 2.00 bits per heavy atom. The van der Waals surface area contributed by atoms with E-state index in [1.54, 1.807) is 42.5 Å². The number of furan rings is 1. The number of non-ortho nitro benzene ring substituents is 1. The van der Waals surface area contributed by atoms with Gasteiger partial charge in [0, 0.05) is 27.9 Å². The van der Waals surface area contributed by atoms with E-state index in [4.69, 9.17) is 10.2 Å². The molecule has 1 amide bonds. The molecule has 0 saturated carbocycles. The molecule has 0 fully saturated rings. The molecule has 8 nitrogen and oxygen atoms in total. The Morgan fingerprint density at radius 1 is 1.22 bits per heavy atom. The van der Waals surface area contributed by atoms with Crippen LogP contribution in [0.5, 0.6) is 0 Å². The summed E-state index contributed by atoms with van der Waals surface area (Å²) < 4.78 is 6.17. The lowest BCUT2D eigenvalue weighted by Crippen LogP contribution is -2.18. The number of halogens is 1. The molecule has 0 saturated heterocycles. The number of nitrogen functional groups attached to an aromatic ring is 1. The summed E-state index contributed by atoms with van der Waals surface area (Å²) in [6, 6.07) is 14.4. The first-order chi connectivity index (χ1) is 13.0. The third kappa shape index (κ3) is 4.21. The number of anilines is 1. The van der Waals surface area contributed by atoms with Crippen LogP contribution in [0, 0.1) is 10.1 Å². The number of nitrogens with one attached hydrogen (secondary N) is 1. The van der Waals surface area contributed by atoms with Crippen molar-refractivity contribution in [3.8, 4) is 11.3 Å². The van der Waals surface area contributed by atoms with Gasteiger partial charge in [-0.05, 0) is 46.3 Å². The number of hydrazone groups is 1. The van der Waals surface area contributed by atoms with E-state index in [1.807, 2.05) is 0 Å². The second kappa shape index (κ2) is 7.83. The summed E-state index contributed by atoms with van der Waals surface area (Å²) in [5.41, 5.74) is 9.42. The van der Waals surface area contributed by atoms with Gasteiger partial charge in [0.25, 0.3) is 11.6 Å². The van der Waals surface area contributed by atoms with Gasteiger partial charge in [0.05, 0.1) is 16.7 Å². The van der Waals surface area contributed by atoms with Gasteiger partial charge in [0.1, 0.15) is 11.5 Å². The van der Waals surface area contributed by atoms with Gasteiger partial charge >= 0.3 is 0 Å². The Hall–Kier alpha value is -3.46. The van der Waals surface area contributed by atoms with Crippen molar-refractivity contribution >= 4 is 39.4 Å². The molecule has 1 heterocycles. The molecule has 3 N–H and O–H groups in total. The summed E-state index contributed by atoms with van der Waals surface area (Å²) in [5, 5.41) is 14.7. The van der Waals surface area contributed by atoms with Gasteiger partial charge in [0.15, 0.2) is 0 Å². The minimum absolute atomic E-state index is 0.0261. The highest BCUT2D eigenvalue weighted by Crippen LogP contribution is 2.32. The van der Waals surface area contributed by atoms with E-state index in [0.717, 1.165) is 0 Å². The molecule has 3 rings (SSSR count). The van der Waals surface area contributed by atoms with E-state index in [0.29, 0.717) is 32.8 Å². The van der Waals surface area contributed by atoms with Crippen LogP contribution in [0.1, 0.15) is 16.1 Å². The number of nitrogens with two attached hydrogens (primary N) is 1. The first-order valence-corrected chi connectivity index (χ1v) is 8.47. The monoisotopic (exact) mass is 428 g/mol. The van der Waals surface area contributed by atoms with Crippen molar-refractivity contribution in [1.29, 1.82) is 0 Å². The highest BCUT2D eigenvalue weighted by atomic mass is 79.9. The number of carbonyl (C=O) groups is 1. The Kier molecular flexibility index (Phi) is 5.32. The van der Waals surface area contributed by atoms with Crippen LogP contribution in [0.25, 0.3) is 11.3 Å². The van der Waals surface area contributed by atoms with E-state index in [2.05, 4.69) is 26.5 Å². The van der Waals surface area contributed by atoms with Crippen LogP contribution in [-0.4, -0.2) is 17.0 Å². The van der Waals surface area contributed by atoms with Crippen LogP contribution in [-0.2, 0) is 0 Å². The number of carbonyl (C=O) groups excluding carboxylic acids is 1. The van der Waals surface area contributed by atoms with Crippen LogP contribution in [0.3, 0.4) is 0 Å². The lowest BCUT2D eigenvalue weighted by Gasteiger charge is -2.02. The Morgan fingerprint density at radius 3 is 2.70 bits per heavy atom. The fourth-order valence-electron chi connectivity index (χ4n) is 2.30. The molecule has 0 aliphatic heterocycles. The van der Waals surface area contributed by atoms with Crippen molar-refractivity contribution in [2.24, 2.45) is 5.10 Å². The van der Waals surface area contributed by atoms with Crippen LogP contribution in [0.4, 0.5) is 11.4 Å². The molecule has 0 spiro atoms. The zero-order valence-corrected chi connectivity index (χ0v) is 15.3. The molecule has 2 aromatic carbocycles. The summed E-state index contributed by atoms with van der Waals surface area (Å²) in [5.74, 6) is 0.461. The summed E-state index contributed by atoms with van der Waals surface area (Å²) in [4.78, 5) is 22.3. The van der Waals surface area contributed by atoms with E-state index in [-0.39, 0.29) is 5.69 Å². The summed E-state index contributed by atoms with van der Waals surface area (Å²) in [7, 11) is 0.